The second-order valence-corrected chi connectivity index (χ2v) is 6.38. The Morgan fingerprint density at radius 2 is 2.18 bits per heavy atom. The van der Waals surface area contributed by atoms with Crippen LogP contribution in [0.4, 0.5) is 10.1 Å². The second kappa shape index (κ2) is 5.14. The quantitative estimate of drug-likeness (QED) is 0.804. The van der Waals surface area contributed by atoms with E-state index in [-0.39, 0.29) is 11.6 Å². The summed E-state index contributed by atoms with van der Waals surface area (Å²) >= 11 is 3.62. The molecule has 1 aromatic carbocycles. The zero-order valence-electron chi connectivity index (χ0n) is 8.96. The fourth-order valence-electron chi connectivity index (χ4n) is 1.35. The molecule has 0 spiro atoms. The molecular weight excluding hydrogens is 352 g/mol. The van der Waals surface area contributed by atoms with Crippen molar-refractivity contribution in [3.8, 4) is 0 Å². The lowest BCUT2D eigenvalue weighted by molar-refractivity contribution is 0.102. The number of aryl methyl sites for hydroxylation is 1. The predicted octanol–water partition coefficient (Wildman–Crippen LogP) is 4.05. The van der Waals surface area contributed by atoms with Gasteiger partial charge in [-0.3, -0.25) is 4.79 Å². The molecule has 17 heavy (non-hydrogen) atoms. The Hall–Kier alpha value is -0.950. The molecule has 2 nitrogen and oxygen atoms in total. The van der Waals surface area contributed by atoms with Crippen LogP contribution >= 0.6 is 33.9 Å². The first-order chi connectivity index (χ1) is 8.06. The molecule has 1 heterocycles. The lowest BCUT2D eigenvalue weighted by Crippen LogP contribution is -2.12. The monoisotopic (exact) mass is 361 g/mol. The SMILES string of the molecule is Cc1ccc(NC(=O)c2csc(I)c2)c(F)c1. The van der Waals surface area contributed by atoms with E-state index in [1.807, 2.05) is 0 Å². The summed E-state index contributed by atoms with van der Waals surface area (Å²) in [4.78, 5) is 11.8. The highest BCUT2D eigenvalue weighted by Gasteiger charge is 2.10. The van der Waals surface area contributed by atoms with Crippen LogP contribution in [0.1, 0.15) is 15.9 Å². The van der Waals surface area contributed by atoms with Crippen LogP contribution in [0.15, 0.2) is 29.6 Å². The smallest absolute Gasteiger partial charge is 0.256 e. The summed E-state index contributed by atoms with van der Waals surface area (Å²) < 4.78 is 14.5. The average molecular weight is 361 g/mol. The van der Waals surface area contributed by atoms with E-state index in [2.05, 4.69) is 27.9 Å². The fourth-order valence-corrected chi connectivity index (χ4v) is 2.67. The molecule has 1 aromatic heterocycles. The van der Waals surface area contributed by atoms with Gasteiger partial charge in [0.05, 0.1) is 14.1 Å². The van der Waals surface area contributed by atoms with Crippen LogP contribution in [-0.2, 0) is 0 Å². The van der Waals surface area contributed by atoms with Crippen LogP contribution in [-0.4, -0.2) is 5.91 Å². The van der Waals surface area contributed by atoms with Crippen molar-refractivity contribution in [2.45, 2.75) is 6.92 Å². The van der Waals surface area contributed by atoms with Crippen LogP contribution < -0.4 is 5.32 Å². The number of hydrogen-bond acceptors (Lipinski definition) is 2. The molecule has 5 heteroatoms. The Balaban J connectivity index is 2.18. The van der Waals surface area contributed by atoms with Crippen LogP contribution in [0.2, 0.25) is 0 Å². The van der Waals surface area contributed by atoms with Gasteiger partial charge in [-0.1, -0.05) is 6.07 Å². The van der Waals surface area contributed by atoms with Crippen molar-refractivity contribution in [1.29, 1.82) is 0 Å². The molecule has 0 radical (unpaired) electrons. The molecule has 0 fully saturated rings. The molecule has 0 saturated heterocycles. The zero-order valence-corrected chi connectivity index (χ0v) is 11.9. The number of benzene rings is 1. The highest BCUT2D eigenvalue weighted by Crippen LogP contribution is 2.20. The Labute approximate surface area is 116 Å². The molecule has 0 unspecified atom stereocenters. The molecule has 0 aliphatic heterocycles. The van der Waals surface area contributed by atoms with E-state index < -0.39 is 5.82 Å². The fraction of sp³-hybridized carbons (Fsp3) is 0.0833. The number of anilines is 1. The molecule has 1 amide bonds. The Morgan fingerprint density at radius 3 is 2.76 bits per heavy atom. The normalized spacial score (nSPS) is 10.3. The first-order valence-electron chi connectivity index (χ1n) is 4.88. The number of hydrogen-bond donors (Lipinski definition) is 1. The number of carbonyl (C=O) groups excluding carboxylic acids is 1. The van der Waals surface area contributed by atoms with Gasteiger partial charge in [0, 0.05) is 5.38 Å². The van der Waals surface area contributed by atoms with E-state index in [9.17, 15) is 9.18 Å². The largest absolute Gasteiger partial charge is 0.319 e. The third-order valence-corrected chi connectivity index (χ3v) is 3.99. The zero-order chi connectivity index (χ0) is 12.4. The second-order valence-electron chi connectivity index (χ2n) is 3.58. The van der Waals surface area contributed by atoms with Crippen molar-refractivity contribution < 1.29 is 9.18 Å². The molecule has 88 valence electrons. The number of thiophene rings is 1. The summed E-state index contributed by atoms with van der Waals surface area (Å²) in [5.74, 6) is -0.699. The molecule has 0 saturated carbocycles. The van der Waals surface area contributed by atoms with Gasteiger partial charge < -0.3 is 5.32 Å². The number of amides is 1. The first kappa shape index (κ1) is 12.5. The number of carbonyl (C=O) groups is 1. The van der Waals surface area contributed by atoms with Crippen molar-refractivity contribution in [3.63, 3.8) is 0 Å². The van der Waals surface area contributed by atoms with Gasteiger partial charge in [0.2, 0.25) is 0 Å². The molecular formula is C12H9FINOS. The summed E-state index contributed by atoms with van der Waals surface area (Å²) in [7, 11) is 0. The maximum absolute atomic E-state index is 13.5. The number of nitrogens with one attached hydrogen (secondary N) is 1. The summed E-state index contributed by atoms with van der Waals surface area (Å²) in [6, 6.07) is 6.50. The Bertz CT molecular complexity index is 567. The predicted molar refractivity (Wildman–Crippen MR) is 76.1 cm³/mol. The Kier molecular flexibility index (Phi) is 3.78. The van der Waals surface area contributed by atoms with E-state index in [0.29, 0.717) is 5.56 Å². The minimum absolute atomic E-state index is 0.210. The van der Waals surface area contributed by atoms with Gasteiger partial charge in [0.1, 0.15) is 5.82 Å². The van der Waals surface area contributed by atoms with Gasteiger partial charge in [-0.05, 0) is 53.3 Å². The maximum Gasteiger partial charge on any atom is 0.256 e. The third-order valence-electron chi connectivity index (χ3n) is 2.20. The average Bonchev–Trinajstić information content (AvgIpc) is 2.69. The highest BCUT2D eigenvalue weighted by atomic mass is 127. The van der Waals surface area contributed by atoms with E-state index in [1.54, 1.807) is 30.5 Å². The van der Waals surface area contributed by atoms with Crippen LogP contribution in [0.5, 0.6) is 0 Å². The summed E-state index contributed by atoms with van der Waals surface area (Å²) in [5.41, 5.74) is 1.59. The molecule has 0 aliphatic rings. The standard InChI is InChI=1S/C12H9FINOS/c1-7-2-3-10(9(13)4-7)15-12(16)8-5-11(14)17-6-8/h2-6H,1H3,(H,15,16). The van der Waals surface area contributed by atoms with Gasteiger partial charge >= 0.3 is 0 Å². The third kappa shape index (κ3) is 3.04. The van der Waals surface area contributed by atoms with Crippen molar-refractivity contribution in [2.24, 2.45) is 0 Å². The van der Waals surface area contributed by atoms with E-state index in [4.69, 9.17) is 0 Å². The van der Waals surface area contributed by atoms with Crippen molar-refractivity contribution in [2.75, 3.05) is 5.32 Å². The topological polar surface area (TPSA) is 29.1 Å². The van der Waals surface area contributed by atoms with Gasteiger partial charge in [0.25, 0.3) is 5.91 Å². The summed E-state index contributed by atoms with van der Waals surface area (Å²) in [6.45, 7) is 1.80. The number of rotatable bonds is 2. The first-order valence-corrected chi connectivity index (χ1v) is 6.83. The highest BCUT2D eigenvalue weighted by molar-refractivity contribution is 14.1. The Morgan fingerprint density at radius 1 is 1.41 bits per heavy atom. The van der Waals surface area contributed by atoms with Crippen molar-refractivity contribution >= 4 is 45.5 Å². The molecule has 2 aromatic rings. The minimum Gasteiger partial charge on any atom is -0.319 e. The number of halogens is 2. The summed E-state index contributed by atoms with van der Waals surface area (Å²) in [6.07, 6.45) is 0. The van der Waals surface area contributed by atoms with Gasteiger partial charge in [-0.15, -0.1) is 11.3 Å². The van der Waals surface area contributed by atoms with Crippen molar-refractivity contribution in [1.82, 2.24) is 0 Å². The molecule has 0 bridgehead atoms. The van der Waals surface area contributed by atoms with Crippen LogP contribution in [0.3, 0.4) is 0 Å². The van der Waals surface area contributed by atoms with Crippen LogP contribution in [0, 0.1) is 15.6 Å². The minimum atomic E-state index is -0.414. The van der Waals surface area contributed by atoms with Gasteiger partial charge in [-0.25, -0.2) is 4.39 Å². The van der Waals surface area contributed by atoms with Crippen molar-refractivity contribution in [3.05, 3.63) is 49.5 Å². The summed E-state index contributed by atoms with van der Waals surface area (Å²) in [5, 5.41) is 4.31. The van der Waals surface area contributed by atoms with Crippen LogP contribution in [0.25, 0.3) is 0 Å². The molecule has 1 N–H and O–H groups in total. The molecule has 0 aliphatic carbocycles. The lowest BCUT2D eigenvalue weighted by atomic mass is 10.2. The van der Waals surface area contributed by atoms with Gasteiger partial charge in [-0.2, -0.15) is 0 Å². The van der Waals surface area contributed by atoms with E-state index in [1.165, 1.54) is 17.4 Å². The van der Waals surface area contributed by atoms with Gasteiger partial charge in [0.15, 0.2) is 0 Å². The van der Waals surface area contributed by atoms with E-state index >= 15 is 0 Å². The maximum atomic E-state index is 13.5. The molecule has 2 rings (SSSR count). The van der Waals surface area contributed by atoms with E-state index in [0.717, 1.165) is 8.45 Å². The molecule has 0 atom stereocenters. The lowest BCUT2D eigenvalue weighted by Gasteiger charge is -2.05.